The van der Waals surface area contributed by atoms with Crippen LogP contribution in [0.1, 0.15) is 27.2 Å². The summed E-state index contributed by atoms with van der Waals surface area (Å²) in [6.45, 7) is 7.12. The van der Waals surface area contributed by atoms with Gasteiger partial charge < -0.3 is 24.8 Å². The number of hydrogen-bond acceptors (Lipinski definition) is 0. The van der Waals surface area contributed by atoms with E-state index in [1.54, 1.807) is 0 Å². The van der Waals surface area contributed by atoms with Crippen LogP contribution >= 0.6 is 0 Å². The maximum atomic E-state index is 3.48. The molecule has 5 atom stereocenters. The van der Waals surface area contributed by atoms with Crippen LogP contribution < -0.4 is 24.8 Å². The first-order valence-electron chi connectivity index (χ1n) is 6.69. The van der Waals surface area contributed by atoms with Crippen LogP contribution in [0.3, 0.4) is 0 Å². The predicted octanol–water partition coefficient (Wildman–Crippen LogP) is -1.62. The first-order chi connectivity index (χ1) is 8.22. The fourth-order valence-electron chi connectivity index (χ4n) is 3.08. The fourth-order valence-corrected chi connectivity index (χ4v) is 3.08. The van der Waals surface area contributed by atoms with E-state index in [9.17, 15) is 0 Å². The van der Waals surface area contributed by atoms with Crippen molar-refractivity contribution in [3.8, 4) is 0 Å². The van der Waals surface area contributed by atoms with Gasteiger partial charge in [0.1, 0.15) is 0 Å². The third-order valence-corrected chi connectivity index (χ3v) is 4.55. The summed E-state index contributed by atoms with van der Waals surface area (Å²) in [4.78, 5) is 0. The van der Waals surface area contributed by atoms with E-state index < -0.39 is 0 Å². The summed E-state index contributed by atoms with van der Waals surface area (Å²) in [6.07, 6.45) is 20.1. The molecule has 0 aromatic carbocycles. The molecule has 3 aliphatic rings. The molecule has 0 aromatic rings. The third kappa shape index (κ3) is 5.32. The minimum absolute atomic E-state index is 0. The van der Waals surface area contributed by atoms with Crippen molar-refractivity contribution in [1.29, 1.82) is 0 Å². The number of rotatable bonds is 0. The largest absolute Gasteiger partial charge is 4.00 e. The first-order valence-corrected chi connectivity index (χ1v) is 6.69. The Kier molecular flexibility index (Phi) is 12.5. The van der Waals surface area contributed by atoms with Crippen LogP contribution in [0, 0.1) is 41.7 Å². The van der Waals surface area contributed by atoms with E-state index in [-0.39, 0.29) is 51.0 Å². The second-order valence-electron chi connectivity index (χ2n) is 5.40. The van der Waals surface area contributed by atoms with Crippen LogP contribution in [0.4, 0.5) is 0 Å². The average Bonchev–Trinajstić information content (AvgIpc) is 3.00. The molecule has 3 aliphatic carbocycles. The molecule has 0 heterocycles. The van der Waals surface area contributed by atoms with Crippen molar-refractivity contribution in [3.05, 3.63) is 48.6 Å². The molecule has 1 saturated carbocycles. The Labute approximate surface area is 155 Å². The number of halogens is 2. The molecule has 0 radical (unpaired) electrons. The Bertz CT molecular complexity index is 337. The molecule has 3 rings (SSSR count). The molecule has 0 aromatic heterocycles. The zero-order valence-corrected chi connectivity index (χ0v) is 16.3. The van der Waals surface area contributed by atoms with Gasteiger partial charge in [0.15, 0.2) is 0 Å². The van der Waals surface area contributed by atoms with E-state index >= 15 is 0 Å². The molecule has 0 saturated heterocycles. The van der Waals surface area contributed by atoms with Gasteiger partial charge in [0.2, 0.25) is 0 Å². The average molecular weight is 388 g/mol. The van der Waals surface area contributed by atoms with Crippen molar-refractivity contribution >= 4 is 0 Å². The molecule has 0 N–H and O–H groups in total. The van der Waals surface area contributed by atoms with Gasteiger partial charge in [-0.1, -0.05) is 32.6 Å². The van der Waals surface area contributed by atoms with E-state index in [0.29, 0.717) is 5.92 Å². The van der Waals surface area contributed by atoms with E-state index in [1.807, 2.05) is 12.2 Å². The Morgan fingerprint density at radius 1 is 0.900 bits per heavy atom. The fraction of sp³-hybridized carbons (Fsp3) is 0.529. The van der Waals surface area contributed by atoms with Gasteiger partial charge in [0, 0.05) is 0 Å². The van der Waals surface area contributed by atoms with E-state index in [4.69, 9.17) is 0 Å². The van der Waals surface area contributed by atoms with Crippen LogP contribution in [0.2, 0.25) is 0 Å². The quantitative estimate of drug-likeness (QED) is 0.438. The number of fused-ring (bicyclic) bond motifs is 1. The summed E-state index contributed by atoms with van der Waals surface area (Å²) in [6, 6.07) is 0. The molecule has 5 unspecified atom stereocenters. The first kappa shape index (κ1) is 22.7. The molecule has 3 heteroatoms. The predicted molar refractivity (Wildman–Crippen MR) is 73.0 cm³/mol. The van der Waals surface area contributed by atoms with Crippen LogP contribution in [-0.2, 0) is 26.2 Å². The number of allylic oxidation sites excluding steroid dienone is 8. The summed E-state index contributed by atoms with van der Waals surface area (Å²) in [5.74, 6) is 3.96. The SMILES string of the molecule is CC1C(C)C2[C-]=CC=CC2C1C.[C-]1=CC=CC1.[Cl-].[Cl-].[Zr+4]. The number of hydrogen-bond donors (Lipinski definition) is 0. The van der Waals surface area contributed by atoms with Crippen molar-refractivity contribution in [2.75, 3.05) is 0 Å². The molecule has 0 aliphatic heterocycles. The molecule has 0 spiro atoms. The van der Waals surface area contributed by atoms with E-state index in [1.165, 1.54) is 0 Å². The second-order valence-corrected chi connectivity index (χ2v) is 5.40. The Morgan fingerprint density at radius 2 is 1.60 bits per heavy atom. The maximum absolute atomic E-state index is 3.48. The summed E-state index contributed by atoms with van der Waals surface area (Å²) in [7, 11) is 0. The third-order valence-electron chi connectivity index (χ3n) is 4.55. The summed E-state index contributed by atoms with van der Waals surface area (Å²) < 4.78 is 0. The van der Waals surface area contributed by atoms with Gasteiger partial charge in [-0.25, -0.2) is 24.3 Å². The van der Waals surface area contributed by atoms with Crippen molar-refractivity contribution < 1.29 is 51.0 Å². The van der Waals surface area contributed by atoms with E-state index in [2.05, 4.69) is 57.2 Å². The van der Waals surface area contributed by atoms with Crippen LogP contribution in [0.5, 0.6) is 0 Å². The van der Waals surface area contributed by atoms with Crippen LogP contribution in [0.25, 0.3) is 0 Å². The van der Waals surface area contributed by atoms with Gasteiger partial charge in [-0.3, -0.25) is 12.2 Å². The topological polar surface area (TPSA) is 0 Å². The summed E-state index contributed by atoms with van der Waals surface area (Å²) in [5.41, 5.74) is 0. The molecular formula is C17H22Cl2Zr. The summed E-state index contributed by atoms with van der Waals surface area (Å²) >= 11 is 0. The Hall–Kier alpha value is 0.423. The minimum atomic E-state index is 0. The van der Waals surface area contributed by atoms with Crippen molar-refractivity contribution in [3.63, 3.8) is 0 Å². The molecular weight excluding hydrogens is 366 g/mol. The Balaban J connectivity index is 0. The van der Waals surface area contributed by atoms with Crippen LogP contribution in [0.15, 0.2) is 36.5 Å². The smallest absolute Gasteiger partial charge is 1.00 e. The molecule has 20 heavy (non-hydrogen) atoms. The molecule has 0 amide bonds. The van der Waals surface area contributed by atoms with Crippen molar-refractivity contribution in [2.24, 2.45) is 29.6 Å². The maximum Gasteiger partial charge on any atom is 4.00 e. The van der Waals surface area contributed by atoms with Crippen molar-refractivity contribution in [1.82, 2.24) is 0 Å². The second kappa shape index (κ2) is 11.1. The Morgan fingerprint density at radius 3 is 2.05 bits per heavy atom. The van der Waals surface area contributed by atoms with Crippen LogP contribution in [-0.4, -0.2) is 0 Å². The standard InChI is InChI=1S/C12H17.C5H5.2ClH.Zr/c1-8-9(2)11-6-4-5-7-12(11)10(8)3;1-2-4-5-3-1;;;/h4-6,8-12H,1-3H3;1-3H,4H2;2*1H;/q2*-1;;;+4/p-2. The normalized spacial score (nSPS) is 35.0. The van der Waals surface area contributed by atoms with Gasteiger partial charge in [0.25, 0.3) is 0 Å². The molecule has 1 fully saturated rings. The van der Waals surface area contributed by atoms with Gasteiger partial charge >= 0.3 is 26.2 Å². The van der Waals surface area contributed by atoms with Gasteiger partial charge in [-0.2, -0.15) is 12.2 Å². The van der Waals surface area contributed by atoms with Gasteiger partial charge in [0.05, 0.1) is 0 Å². The monoisotopic (exact) mass is 386 g/mol. The minimum Gasteiger partial charge on any atom is -1.00 e. The molecule has 0 nitrogen and oxygen atoms in total. The zero-order chi connectivity index (χ0) is 12.3. The van der Waals surface area contributed by atoms with Crippen molar-refractivity contribution in [2.45, 2.75) is 27.2 Å². The van der Waals surface area contributed by atoms with Gasteiger partial charge in [-0.05, 0) is 17.8 Å². The molecule has 108 valence electrons. The van der Waals surface area contributed by atoms with Gasteiger partial charge in [-0.15, -0.1) is 6.42 Å². The summed E-state index contributed by atoms with van der Waals surface area (Å²) in [5, 5.41) is 0. The molecule has 0 bridgehead atoms. The van der Waals surface area contributed by atoms with E-state index in [0.717, 1.165) is 30.1 Å². The zero-order valence-electron chi connectivity index (χ0n) is 12.3.